The van der Waals surface area contributed by atoms with E-state index >= 15 is 0 Å². The van der Waals surface area contributed by atoms with Gasteiger partial charge >= 0.3 is 5.97 Å². The quantitative estimate of drug-likeness (QED) is 0.361. The first-order valence-corrected chi connectivity index (χ1v) is 13.8. The smallest absolute Gasteiger partial charge is 0.312 e. The van der Waals surface area contributed by atoms with Crippen LogP contribution in [0.15, 0.2) is 46.9 Å². The highest BCUT2D eigenvalue weighted by atomic mass is 28.3. The molecule has 2 heterocycles. The van der Waals surface area contributed by atoms with Gasteiger partial charge in [-0.25, -0.2) is 9.07 Å². The Morgan fingerprint density at radius 2 is 2.17 bits per heavy atom. The van der Waals surface area contributed by atoms with Gasteiger partial charge in [-0.2, -0.15) is 5.10 Å². The van der Waals surface area contributed by atoms with Gasteiger partial charge in [0.05, 0.1) is 18.7 Å². The van der Waals surface area contributed by atoms with Crippen molar-refractivity contribution in [3.8, 4) is 0 Å². The molecule has 0 spiro atoms. The van der Waals surface area contributed by atoms with E-state index in [0.29, 0.717) is 24.4 Å². The highest BCUT2D eigenvalue weighted by Crippen LogP contribution is 2.40. The summed E-state index contributed by atoms with van der Waals surface area (Å²) in [7, 11) is 0.220. The van der Waals surface area contributed by atoms with Crippen molar-refractivity contribution in [2.45, 2.75) is 52.4 Å². The van der Waals surface area contributed by atoms with E-state index < -0.39 is 19.8 Å². The van der Waals surface area contributed by atoms with E-state index in [2.05, 4.69) is 30.1 Å². The van der Waals surface area contributed by atoms with E-state index in [4.69, 9.17) is 14.2 Å². The van der Waals surface area contributed by atoms with Crippen LogP contribution >= 0.6 is 0 Å². The van der Waals surface area contributed by atoms with E-state index in [1.807, 2.05) is 19.2 Å². The second-order valence-electron chi connectivity index (χ2n) is 8.77. The molecule has 1 atom stereocenters. The van der Waals surface area contributed by atoms with Gasteiger partial charge in [-0.15, -0.1) is 0 Å². The van der Waals surface area contributed by atoms with Crippen molar-refractivity contribution in [1.29, 1.82) is 0 Å². The Hall–Kier alpha value is -2.39. The van der Waals surface area contributed by atoms with Crippen LogP contribution < -0.4 is 5.32 Å². The largest absolute Gasteiger partial charge is 0.470 e. The summed E-state index contributed by atoms with van der Waals surface area (Å²) in [6, 6.07) is 2.92. The number of carbonyl (C=O) groups excluding carboxylic acids is 1. The predicted octanol–water partition coefficient (Wildman–Crippen LogP) is 3.85. The molecule has 0 bridgehead atoms. The van der Waals surface area contributed by atoms with Crippen LogP contribution in [-0.4, -0.2) is 37.5 Å². The third kappa shape index (κ3) is 5.40. The van der Waals surface area contributed by atoms with E-state index in [9.17, 15) is 9.18 Å². The molecule has 0 fully saturated rings. The number of ether oxygens (including phenoxy) is 3. The van der Waals surface area contributed by atoms with Crippen molar-refractivity contribution < 1.29 is 23.4 Å². The molecule has 0 aromatic carbocycles. The third-order valence-electron chi connectivity index (χ3n) is 5.09. The van der Waals surface area contributed by atoms with Gasteiger partial charge in [-0.3, -0.25) is 4.79 Å². The molecule has 3 rings (SSSR count). The molecule has 30 heavy (non-hydrogen) atoms. The van der Waals surface area contributed by atoms with E-state index in [1.165, 1.54) is 7.11 Å². The molecule has 1 N–H and O–H groups in total. The third-order valence-corrected chi connectivity index (χ3v) is 6.79. The summed E-state index contributed by atoms with van der Waals surface area (Å²) >= 11 is 0. The van der Waals surface area contributed by atoms with Crippen LogP contribution in [0.3, 0.4) is 0 Å². The van der Waals surface area contributed by atoms with Crippen molar-refractivity contribution in [3.63, 3.8) is 0 Å². The van der Waals surface area contributed by atoms with Gasteiger partial charge in [0.1, 0.15) is 13.3 Å². The normalized spacial score (nSPS) is 18.9. The van der Waals surface area contributed by atoms with Crippen molar-refractivity contribution in [3.05, 3.63) is 52.6 Å². The zero-order valence-corrected chi connectivity index (χ0v) is 19.3. The lowest BCUT2D eigenvalue weighted by Crippen LogP contribution is -2.22. The Morgan fingerprint density at radius 3 is 2.87 bits per heavy atom. The summed E-state index contributed by atoms with van der Waals surface area (Å²) in [6.07, 6.45) is 3.84. The van der Waals surface area contributed by atoms with Crippen molar-refractivity contribution >= 4 is 14.0 Å². The van der Waals surface area contributed by atoms with Gasteiger partial charge < -0.3 is 19.5 Å². The Bertz CT molecular complexity index is 898. The summed E-state index contributed by atoms with van der Waals surface area (Å²) in [5, 5.41) is 7.36. The maximum atomic E-state index is 14.9. The molecular formula is C21H30FN3O4Si. The number of methoxy groups -OCH3 is 1. The van der Waals surface area contributed by atoms with Crippen LogP contribution in [0.5, 0.6) is 0 Å². The Labute approximate surface area is 177 Å². The van der Waals surface area contributed by atoms with Crippen molar-refractivity contribution in [2.24, 2.45) is 5.92 Å². The molecule has 1 aliphatic carbocycles. The van der Waals surface area contributed by atoms with Gasteiger partial charge in [-0.05, 0) is 31.0 Å². The van der Waals surface area contributed by atoms with E-state index in [-0.39, 0.29) is 18.5 Å². The van der Waals surface area contributed by atoms with Crippen LogP contribution in [-0.2, 0) is 32.3 Å². The lowest BCUT2D eigenvalue weighted by molar-refractivity contribution is -0.143. The monoisotopic (exact) mass is 435 g/mol. The van der Waals surface area contributed by atoms with E-state index in [1.54, 1.807) is 10.8 Å². The fourth-order valence-electron chi connectivity index (χ4n) is 3.31. The molecule has 164 valence electrons. The van der Waals surface area contributed by atoms with Gasteiger partial charge in [0, 0.05) is 32.1 Å². The Morgan fingerprint density at radius 1 is 1.40 bits per heavy atom. The zero-order chi connectivity index (χ0) is 21.9. The van der Waals surface area contributed by atoms with Crippen molar-refractivity contribution in [2.75, 3.05) is 13.7 Å². The number of aromatic nitrogens is 2. The van der Waals surface area contributed by atoms with E-state index in [0.717, 1.165) is 23.9 Å². The van der Waals surface area contributed by atoms with Crippen LogP contribution in [0.2, 0.25) is 25.7 Å². The summed E-state index contributed by atoms with van der Waals surface area (Å²) in [4.78, 5) is 11.8. The first kappa shape index (κ1) is 22.3. The van der Waals surface area contributed by atoms with Crippen molar-refractivity contribution in [1.82, 2.24) is 15.1 Å². The lowest BCUT2D eigenvalue weighted by Gasteiger charge is -2.21. The molecule has 9 heteroatoms. The van der Waals surface area contributed by atoms with Gasteiger partial charge in [0.2, 0.25) is 5.88 Å². The highest BCUT2D eigenvalue weighted by molar-refractivity contribution is 6.76. The number of rotatable bonds is 9. The predicted molar refractivity (Wildman–Crippen MR) is 113 cm³/mol. The average Bonchev–Trinajstić information content (AvgIpc) is 3.33. The average molecular weight is 436 g/mol. The van der Waals surface area contributed by atoms with Gasteiger partial charge in [0.15, 0.2) is 5.83 Å². The maximum Gasteiger partial charge on any atom is 0.312 e. The minimum atomic E-state index is -1.11. The number of halogens is 1. The lowest BCUT2D eigenvalue weighted by atomic mass is 10.0. The minimum Gasteiger partial charge on any atom is -0.470 e. The Kier molecular flexibility index (Phi) is 6.82. The molecule has 1 aliphatic heterocycles. The molecule has 2 aliphatic rings. The van der Waals surface area contributed by atoms with Crippen LogP contribution in [0.25, 0.3) is 0 Å². The summed E-state index contributed by atoms with van der Waals surface area (Å²) in [5.41, 5.74) is 2.62. The fourth-order valence-corrected chi connectivity index (χ4v) is 4.07. The molecule has 1 unspecified atom stereocenters. The zero-order valence-electron chi connectivity index (χ0n) is 18.3. The van der Waals surface area contributed by atoms with Gasteiger partial charge in [-0.1, -0.05) is 25.7 Å². The van der Waals surface area contributed by atoms with Crippen LogP contribution in [0.1, 0.15) is 19.0 Å². The van der Waals surface area contributed by atoms with Crippen LogP contribution in [0.4, 0.5) is 4.39 Å². The summed E-state index contributed by atoms with van der Waals surface area (Å²) < 4.78 is 32.7. The number of hydrogen-bond donors (Lipinski definition) is 1. The fraction of sp³-hybridized carbons (Fsp3) is 0.524. The number of nitrogens with zero attached hydrogens (tertiary/aromatic N) is 2. The molecule has 1 aromatic rings. The summed E-state index contributed by atoms with van der Waals surface area (Å²) in [5.74, 6) is -1.31. The number of nitrogens with one attached hydrogen (secondary N) is 1. The molecule has 0 amide bonds. The molecular weight excluding hydrogens is 405 g/mol. The van der Waals surface area contributed by atoms with Gasteiger partial charge in [0.25, 0.3) is 0 Å². The first-order chi connectivity index (χ1) is 14.2. The molecule has 7 nitrogen and oxygen atoms in total. The first-order valence-electron chi connectivity index (χ1n) is 10.1. The highest BCUT2D eigenvalue weighted by Gasteiger charge is 2.34. The second-order valence-corrected chi connectivity index (χ2v) is 14.4. The molecule has 0 saturated heterocycles. The standard InChI is InChI=1S/C21H30FN3O4Si/c1-14-17-10-15(21(26)27-2)11-18(17)19(22)20(23-14)29-12-16-6-7-25(24-16)13-28-8-9-30(3,4)5/h6-7,11,15,23H,8-10,12-13H2,1-5H3. The second kappa shape index (κ2) is 9.17. The topological polar surface area (TPSA) is 74.6 Å². The molecule has 0 radical (unpaired) electrons. The number of allylic oxidation sites excluding steroid dienone is 4. The number of esters is 1. The van der Waals surface area contributed by atoms with Crippen LogP contribution in [0, 0.1) is 5.92 Å². The SMILES string of the molecule is COC(=O)C1C=C2C(F)=C(OCc3ccn(COCC[Si](C)(C)C)n3)NC(C)=C2C1. The number of dihydropyridines is 1. The number of hydrogen-bond acceptors (Lipinski definition) is 6. The number of carbonyl (C=O) groups is 1. The molecule has 0 saturated carbocycles. The maximum absolute atomic E-state index is 14.9. The number of fused-ring (bicyclic) bond motifs is 1. The summed E-state index contributed by atoms with van der Waals surface area (Å²) in [6.45, 7) is 9.99. The molecule has 1 aromatic heterocycles. The Balaban J connectivity index is 1.57. The minimum absolute atomic E-state index is 0.0361.